The molecule has 0 spiro atoms. The van der Waals surface area contributed by atoms with E-state index in [1.807, 2.05) is 30.4 Å². The second kappa shape index (κ2) is 52.4. The Balaban J connectivity index is 5.00. The molecular formula is C60H91O11P. The largest absolute Gasteiger partial charge is 0.472 e. The summed E-state index contributed by atoms with van der Waals surface area (Å²) in [6.07, 6.45) is 68.2. The molecule has 0 aliphatic heterocycles. The van der Waals surface area contributed by atoms with Crippen molar-refractivity contribution in [3.05, 3.63) is 158 Å². The van der Waals surface area contributed by atoms with Gasteiger partial charge in [-0.3, -0.25) is 23.4 Å². The van der Waals surface area contributed by atoms with Crippen molar-refractivity contribution in [1.82, 2.24) is 0 Å². The molecule has 3 unspecified atom stereocenters. The van der Waals surface area contributed by atoms with Crippen LogP contribution in [-0.4, -0.2) is 66.5 Å². The maximum Gasteiger partial charge on any atom is 0.472 e. The first-order chi connectivity index (χ1) is 35.2. The van der Waals surface area contributed by atoms with Gasteiger partial charge in [0, 0.05) is 12.8 Å². The summed E-state index contributed by atoms with van der Waals surface area (Å²) in [6, 6.07) is 0. The number of ether oxygens (including phenoxy) is 3. The Labute approximate surface area is 434 Å². The van der Waals surface area contributed by atoms with Gasteiger partial charge in [-0.2, -0.15) is 0 Å². The van der Waals surface area contributed by atoms with Gasteiger partial charge < -0.3 is 24.2 Å². The fraction of sp³-hybridized carbons (Fsp3) is 0.517. The standard InChI is InChI=1S/C60H91O11P/c1-4-7-10-13-16-19-22-25-27-28-30-33-36-39-42-45-48-51-60(64)71-57(53-67-58(62)49-46-43-40-37-34-32-29-26-23-20-17-14-11-8-5-2)55-69-72(65,66)68-54-56(52-61)70-59(63)50-47-44-41-38-35-31-24-21-18-15-12-9-6-3/h7-12,16-21,25-27,29-31,33-35,37,39,42-43,46,56-57,61H,4-6,13-15,22-24,28,32,36,38,40-41,44-45,47-55H2,1-3H3,(H,65,66)/b10-7-,11-8-,12-9-,19-16-,20-17-,21-18-,27-25-,29-26-,33-30-,35-31-,37-34-,42-39-,46-43-. The van der Waals surface area contributed by atoms with Crippen molar-refractivity contribution in [2.75, 3.05) is 26.4 Å². The van der Waals surface area contributed by atoms with Crippen LogP contribution in [-0.2, 0) is 42.2 Å². The predicted molar refractivity (Wildman–Crippen MR) is 297 cm³/mol. The van der Waals surface area contributed by atoms with E-state index in [0.717, 1.165) is 96.3 Å². The van der Waals surface area contributed by atoms with Gasteiger partial charge in [-0.25, -0.2) is 4.57 Å². The molecule has 2 N–H and O–H groups in total. The van der Waals surface area contributed by atoms with Gasteiger partial charge in [0.05, 0.1) is 26.2 Å². The second-order valence-electron chi connectivity index (χ2n) is 16.6. The van der Waals surface area contributed by atoms with Crippen molar-refractivity contribution in [3.63, 3.8) is 0 Å². The van der Waals surface area contributed by atoms with E-state index in [1.165, 1.54) is 0 Å². The van der Waals surface area contributed by atoms with Crippen molar-refractivity contribution in [2.24, 2.45) is 0 Å². The van der Waals surface area contributed by atoms with Crippen LogP contribution < -0.4 is 0 Å². The third kappa shape index (κ3) is 50.1. The zero-order chi connectivity index (χ0) is 52.7. The summed E-state index contributed by atoms with van der Waals surface area (Å²) in [4.78, 5) is 48.3. The quantitative estimate of drug-likeness (QED) is 0.0197. The number of aliphatic hydroxyl groups is 1. The average Bonchev–Trinajstić information content (AvgIpc) is 3.37. The second-order valence-corrected chi connectivity index (χ2v) is 18.0. The van der Waals surface area contributed by atoms with Crippen LogP contribution >= 0.6 is 7.82 Å². The van der Waals surface area contributed by atoms with Gasteiger partial charge in [-0.05, 0) is 116 Å². The van der Waals surface area contributed by atoms with Crippen LogP contribution in [0.5, 0.6) is 0 Å². The SMILES string of the molecule is CC/C=C\C/C=C\C/C=C\C/C=C\C/C=C\CCCC(=O)OC(COC(=O)C/C=C\C/C=C\C/C=C\C/C=C\C/C=C\CC)COP(=O)(O)OCC(CO)OC(=O)CCCCC/C=C\C/C=C\C/C=C\CC. The molecule has 0 aliphatic carbocycles. The predicted octanol–water partition coefficient (Wildman–Crippen LogP) is 15.4. The number of hydrogen-bond acceptors (Lipinski definition) is 10. The van der Waals surface area contributed by atoms with Gasteiger partial charge in [0.1, 0.15) is 12.7 Å². The number of phosphoric ester groups is 1. The zero-order valence-electron chi connectivity index (χ0n) is 44.1. The highest BCUT2D eigenvalue weighted by Gasteiger charge is 2.28. The lowest BCUT2D eigenvalue weighted by molar-refractivity contribution is -0.161. The fourth-order valence-electron chi connectivity index (χ4n) is 6.06. The molecule has 402 valence electrons. The molecule has 0 fully saturated rings. The third-order valence-corrected chi connectivity index (χ3v) is 10.9. The van der Waals surface area contributed by atoms with Crippen LogP contribution in [0.1, 0.15) is 162 Å². The van der Waals surface area contributed by atoms with Gasteiger partial charge in [-0.15, -0.1) is 0 Å². The van der Waals surface area contributed by atoms with Gasteiger partial charge in [0.15, 0.2) is 6.10 Å². The summed E-state index contributed by atoms with van der Waals surface area (Å²) in [6.45, 7) is 4.04. The van der Waals surface area contributed by atoms with Crippen LogP contribution in [0.15, 0.2) is 158 Å². The molecule has 0 aromatic carbocycles. The number of carbonyl (C=O) groups is 3. The number of carbonyl (C=O) groups excluding carboxylic acids is 3. The Morgan fingerprint density at radius 3 is 1.14 bits per heavy atom. The van der Waals surface area contributed by atoms with Crippen molar-refractivity contribution >= 4 is 25.7 Å². The number of phosphoric acid groups is 1. The van der Waals surface area contributed by atoms with E-state index in [4.69, 9.17) is 23.3 Å². The van der Waals surface area contributed by atoms with E-state index in [2.05, 4.69) is 142 Å². The zero-order valence-corrected chi connectivity index (χ0v) is 45.0. The van der Waals surface area contributed by atoms with Crippen molar-refractivity contribution in [3.8, 4) is 0 Å². The molecular weight excluding hydrogens is 928 g/mol. The minimum absolute atomic E-state index is 0.0294. The number of hydrogen-bond donors (Lipinski definition) is 2. The topological polar surface area (TPSA) is 155 Å². The first-order valence-corrected chi connectivity index (χ1v) is 27.9. The Kier molecular flexibility index (Phi) is 48.9. The van der Waals surface area contributed by atoms with Crippen LogP contribution in [0, 0.1) is 0 Å². The Morgan fingerprint density at radius 1 is 0.403 bits per heavy atom. The molecule has 0 aliphatic rings. The number of esters is 3. The molecule has 0 bridgehead atoms. The molecule has 0 saturated heterocycles. The van der Waals surface area contributed by atoms with E-state index in [1.54, 1.807) is 6.08 Å². The summed E-state index contributed by atoms with van der Waals surface area (Å²) >= 11 is 0. The molecule has 0 radical (unpaired) electrons. The molecule has 0 aromatic rings. The summed E-state index contributed by atoms with van der Waals surface area (Å²) in [5.41, 5.74) is 0. The highest BCUT2D eigenvalue weighted by Crippen LogP contribution is 2.43. The van der Waals surface area contributed by atoms with Crippen LogP contribution in [0.3, 0.4) is 0 Å². The smallest absolute Gasteiger partial charge is 0.461 e. The first-order valence-electron chi connectivity index (χ1n) is 26.4. The summed E-state index contributed by atoms with van der Waals surface area (Å²) in [7, 11) is -4.80. The average molecular weight is 1020 g/mol. The van der Waals surface area contributed by atoms with E-state index in [-0.39, 0.29) is 19.3 Å². The fourth-order valence-corrected chi connectivity index (χ4v) is 6.85. The number of allylic oxidation sites excluding steroid dienone is 25. The van der Waals surface area contributed by atoms with Gasteiger partial charge >= 0.3 is 25.7 Å². The first kappa shape index (κ1) is 67.1. The van der Waals surface area contributed by atoms with Gasteiger partial charge in [0.2, 0.25) is 0 Å². The molecule has 3 atom stereocenters. The summed E-state index contributed by atoms with van der Waals surface area (Å²) < 4.78 is 39.2. The Bertz CT molecular complexity index is 1810. The number of aliphatic hydroxyl groups excluding tert-OH is 1. The lowest BCUT2D eigenvalue weighted by Gasteiger charge is -2.21. The molecule has 12 heteroatoms. The molecule has 0 rings (SSSR count). The maximum absolute atomic E-state index is 12.9. The van der Waals surface area contributed by atoms with Crippen molar-refractivity contribution in [1.29, 1.82) is 0 Å². The van der Waals surface area contributed by atoms with E-state index < -0.39 is 64.4 Å². The van der Waals surface area contributed by atoms with Crippen LogP contribution in [0.2, 0.25) is 0 Å². The highest BCUT2D eigenvalue weighted by molar-refractivity contribution is 7.47. The van der Waals surface area contributed by atoms with E-state index in [0.29, 0.717) is 25.7 Å². The normalized spacial score (nSPS) is 14.7. The minimum atomic E-state index is -4.80. The van der Waals surface area contributed by atoms with Crippen LogP contribution in [0.25, 0.3) is 0 Å². The van der Waals surface area contributed by atoms with Crippen molar-refractivity contribution in [2.45, 2.75) is 174 Å². The maximum atomic E-state index is 12.9. The molecule has 0 aromatic heterocycles. The Morgan fingerprint density at radius 2 is 0.736 bits per heavy atom. The lowest BCUT2D eigenvalue weighted by atomic mass is 10.1. The van der Waals surface area contributed by atoms with Crippen molar-refractivity contribution < 1.29 is 52.2 Å². The van der Waals surface area contributed by atoms with E-state index in [9.17, 15) is 28.9 Å². The number of rotatable bonds is 46. The molecule has 0 saturated carbocycles. The summed E-state index contributed by atoms with van der Waals surface area (Å²) in [5, 5.41) is 9.78. The highest BCUT2D eigenvalue weighted by atomic mass is 31.2. The molecule has 72 heavy (non-hydrogen) atoms. The van der Waals surface area contributed by atoms with Crippen LogP contribution in [0.4, 0.5) is 0 Å². The molecule has 0 heterocycles. The molecule has 11 nitrogen and oxygen atoms in total. The lowest BCUT2D eigenvalue weighted by Crippen LogP contribution is -2.30. The third-order valence-electron chi connectivity index (χ3n) is 9.96. The molecule has 0 amide bonds. The minimum Gasteiger partial charge on any atom is -0.461 e. The van der Waals surface area contributed by atoms with E-state index >= 15 is 0 Å². The number of unbranched alkanes of at least 4 members (excludes halogenated alkanes) is 4. The van der Waals surface area contributed by atoms with Gasteiger partial charge in [0.25, 0.3) is 0 Å². The van der Waals surface area contributed by atoms with Gasteiger partial charge in [-0.1, -0.05) is 185 Å². The Hall–Kier alpha value is -4.90. The summed E-state index contributed by atoms with van der Waals surface area (Å²) in [5.74, 6) is -1.75. The monoisotopic (exact) mass is 1020 g/mol.